The van der Waals surface area contributed by atoms with E-state index in [4.69, 9.17) is 9.47 Å². The Kier molecular flexibility index (Phi) is 5.23. The zero-order valence-electron chi connectivity index (χ0n) is 15.2. The summed E-state index contributed by atoms with van der Waals surface area (Å²) in [5, 5.41) is 9.64. The van der Waals surface area contributed by atoms with E-state index in [0.29, 0.717) is 30.4 Å². The molecule has 5 nitrogen and oxygen atoms in total. The first-order valence-corrected chi connectivity index (χ1v) is 8.62. The minimum absolute atomic E-state index is 0.448. The Balaban J connectivity index is 2.03. The SMILES string of the molecule is CCOc1ccc(/C=C(/C#N)c2nc3ccc(C)cc3[nH]2)c(OCC)c1. The fourth-order valence-corrected chi connectivity index (χ4v) is 2.73. The first kappa shape index (κ1) is 17.6. The van der Waals surface area contributed by atoms with E-state index >= 15 is 0 Å². The number of hydrogen-bond acceptors (Lipinski definition) is 4. The van der Waals surface area contributed by atoms with E-state index < -0.39 is 0 Å². The van der Waals surface area contributed by atoms with E-state index in [1.54, 1.807) is 6.08 Å². The van der Waals surface area contributed by atoms with Crippen molar-refractivity contribution in [1.29, 1.82) is 5.26 Å². The van der Waals surface area contributed by atoms with Crippen LogP contribution in [0.25, 0.3) is 22.7 Å². The van der Waals surface area contributed by atoms with Crippen LogP contribution in [0.4, 0.5) is 0 Å². The fourth-order valence-electron chi connectivity index (χ4n) is 2.73. The molecular weight excluding hydrogens is 326 g/mol. The molecule has 3 rings (SSSR count). The maximum Gasteiger partial charge on any atom is 0.149 e. The van der Waals surface area contributed by atoms with Crippen molar-refractivity contribution in [2.45, 2.75) is 20.8 Å². The van der Waals surface area contributed by atoms with E-state index in [-0.39, 0.29) is 0 Å². The quantitative estimate of drug-likeness (QED) is 0.654. The van der Waals surface area contributed by atoms with E-state index in [9.17, 15) is 5.26 Å². The van der Waals surface area contributed by atoms with Crippen LogP contribution in [0.3, 0.4) is 0 Å². The number of H-pyrrole nitrogens is 1. The normalized spacial score (nSPS) is 11.4. The van der Waals surface area contributed by atoms with Gasteiger partial charge in [0.1, 0.15) is 23.4 Å². The summed E-state index contributed by atoms with van der Waals surface area (Å²) in [6, 6.07) is 13.8. The molecule has 5 heteroatoms. The lowest BCUT2D eigenvalue weighted by Crippen LogP contribution is -1.97. The number of fused-ring (bicyclic) bond motifs is 1. The highest BCUT2D eigenvalue weighted by atomic mass is 16.5. The van der Waals surface area contributed by atoms with Crippen LogP contribution in [0.5, 0.6) is 11.5 Å². The second-order valence-corrected chi connectivity index (χ2v) is 5.84. The Morgan fingerprint density at radius 1 is 1.15 bits per heavy atom. The predicted molar refractivity (Wildman–Crippen MR) is 103 cm³/mol. The standard InChI is InChI=1S/C21H21N3O2/c1-4-25-17-8-7-15(20(12-17)26-5-2)11-16(13-22)21-23-18-9-6-14(3)10-19(18)24-21/h6-12H,4-5H2,1-3H3,(H,23,24)/b16-11-. The number of nitrogens with one attached hydrogen (secondary N) is 1. The molecule has 132 valence electrons. The third-order valence-corrected chi connectivity index (χ3v) is 3.91. The third kappa shape index (κ3) is 3.70. The Morgan fingerprint density at radius 3 is 2.69 bits per heavy atom. The Labute approximate surface area is 152 Å². The van der Waals surface area contributed by atoms with Gasteiger partial charge in [-0.2, -0.15) is 5.26 Å². The van der Waals surface area contributed by atoms with Gasteiger partial charge in [-0.25, -0.2) is 4.98 Å². The molecule has 0 bridgehead atoms. The van der Waals surface area contributed by atoms with Gasteiger partial charge in [0.05, 0.1) is 29.8 Å². The lowest BCUT2D eigenvalue weighted by atomic mass is 10.1. The average molecular weight is 347 g/mol. The number of imidazole rings is 1. The highest BCUT2D eigenvalue weighted by Gasteiger charge is 2.11. The molecule has 0 aliphatic rings. The van der Waals surface area contributed by atoms with Gasteiger partial charge in [-0.1, -0.05) is 6.07 Å². The first-order valence-electron chi connectivity index (χ1n) is 8.62. The third-order valence-electron chi connectivity index (χ3n) is 3.91. The first-order chi connectivity index (χ1) is 12.6. The van der Waals surface area contributed by atoms with Gasteiger partial charge >= 0.3 is 0 Å². The van der Waals surface area contributed by atoms with Gasteiger partial charge in [-0.15, -0.1) is 0 Å². The molecular formula is C21H21N3O2. The summed E-state index contributed by atoms with van der Waals surface area (Å²) in [5.41, 5.74) is 4.15. The van der Waals surface area contributed by atoms with Crippen molar-refractivity contribution in [2.75, 3.05) is 13.2 Å². The molecule has 0 atom stereocenters. The molecule has 0 saturated carbocycles. The zero-order chi connectivity index (χ0) is 18.5. The Bertz CT molecular complexity index is 996. The number of ether oxygens (including phenoxy) is 2. The van der Waals surface area contributed by atoms with Crippen molar-refractivity contribution in [1.82, 2.24) is 9.97 Å². The molecule has 2 aromatic carbocycles. The molecule has 0 spiro atoms. The van der Waals surface area contributed by atoms with Crippen LogP contribution in [0.2, 0.25) is 0 Å². The average Bonchev–Trinajstić information content (AvgIpc) is 3.04. The van der Waals surface area contributed by atoms with E-state index in [1.807, 2.05) is 57.2 Å². The molecule has 1 N–H and O–H groups in total. The molecule has 0 fully saturated rings. The van der Waals surface area contributed by atoms with Crippen LogP contribution in [-0.2, 0) is 0 Å². The molecule has 0 aliphatic carbocycles. The van der Waals surface area contributed by atoms with Crippen LogP contribution < -0.4 is 9.47 Å². The molecule has 1 aromatic heterocycles. The van der Waals surface area contributed by atoms with Gasteiger partial charge in [0.15, 0.2) is 0 Å². The van der Waals surface area contributed by atoms with Crippen LogP contribution in [0.1, 0.15) is 30.8 Å². The number of nitriles is 1. The topological polar surface area (TPSA) is 70.9 Å². The molecule has 0 saturated heterocycles. The molecule has 0 amide bonds. The van der Waals surface area contributed by atoms with Crippen molar-refractivity contribution in [3.63, 3.8) is 0 Å². The number of rotatable bonds is 6. The number of nitrogens with zero attached hydrogens (tertiary/aromatic N) is 2. The summed E-state index contributed by atoms with van der Waals surface area (Å²) in [4.78, 5) is 7.76. The van der Waals surface area contributed by atoms with Crippen molar-refractivity contribution in [2.24, 2.45) is 0 Å². The smallest absolute Gasteiger partial charge is 0.149 e. The zero-order valence-corrected chi connectivity index (χ0v) is 15.2. The molecule has 26 heavy (non-hydrogen) atoms. The minimum Gasteiger partial charge on any atom is -0.494 e. The van der Waals surface area contributed by atoms with E-state index in [1.165, 1.54) is 0 Å². The maximum absolute atomic E-state index is 9.64. The van der Waals surface area contributed by atoms with Gasteiger partial charge in [0, 0.05) is 11.6 Å². The number of allylic oxidation sites excluding steroid dienone is 1. The van der Waals surface area contributed by atoms with E-state index in [0.717, 1.165) is 27.9 Å². The van der Waals surface area contributed by atoms with Gasteiger partial charge in [-0.3, -0.25) is 0 Å². The summed E-state index contributed by atoms with van der Waals surface area (Å²) in [7, 11) is 0. The molecule has 0 radical (unpaired) electrons. The van der Waals surface area contributed by atoms with Gasteiger partial charge in [0.25, 0.3) is 0 Å². The largest absolute Gasteiger partial charge is 0.494 e. The summed E-state index contributed by atoms with van der Waals surface area (Å²) in [6.45, 7) is 7.00. The Morgan fingerprint density at radius 2 is 1.96 bits per heavy atom. The highest BCUT2D eigenvalue weighted by molar-refractivity contribution is 5.91. The minimum atomic E-state index is 0.448. The van der Waals surface area contributed by atoms with Crippen LogP contribution in [0, 0.1) is 18.3 Å². The predicted octanol–water partition coefficient (Wildman–Crippen LogP) is 4.73. The second-order valence-electron chi connectivity index (χ2n) is 5.84. The molecule has 3 aromatic rings. The summed E-state index contributed by atoms with van der Waals surface area (Å²) >= 11 is 0. The Hall–Kier alpha value is -3.26. The maximum atomic E-state index is 9.64. The number of aryl methyl sites for hydroxylation is 1. The lowest BCUT2D eigenvalue weighted by Gasteiger charge is -2.10. The molecule has 0 aliphatic heterocycles. The summed E-state index contributed by atoms with van der Waals surface area (Å²) in [6.07, 6.45) is 1.78. The monoisotopic (exact) mass is 347 g/mol. The van der Waals surface area contributed by atoms with Gasteiger partial charge < -0.3 is 14.5 Å². The van der Waals surface area contributed by atoms with Crippen molar-refractivity contribution >= 4 is 22.7 Å². The number of aromatic amines is 1. The van der Waals surface area contributed by atoms with Crippen molar-refractivity contribution < 1.29 is 9.47 Å². The summed E-state index contributed by atoms with van der Waals surface area (Å²) in [5.74, 6) is 1.97. The fraction of sp³-hybridized carbons (Fsp3) is 0.238. The van der Waals surface area contributed by atoms with E-state index in [2.05, 4.69) is 16.0 Å². The highest BCUT2D eigenvalue weighted by Crippen LogP contribution is 2.29. The molecule has 1 heterocycles. The van der Waals surface area contributed by atoms with Crippen LogP contribution in [-0.4, -0.2) is 23.2 Å². The lowest BCUT2D eigenvalue weighted by molar-refractivity contribution is 0.322. The summed E-state index contributed by atoms with van der Waals surface area (Å²) < 4.78 is 11.2. The molecule has 0 unspecified atom stereocenters. The van der Waals surface area contributed by atoms with Gasteiger partial charge in [-0.05, 0) is 56.7 Å². The van der Waals surface area contributed by atoms with Crippen molar-refractivity contribution in [3.05, 3.63) is 53.3 Å². The van der Waals surface area contributed by atoms with Crippen molar-refractivity contribution in [3.8, 4) is 17.6 Å². The number of hydrogen-bond donors (Lipinski definition) is 1. The van der Waals surface area contributed by atoms with Crippen LogP contribution in [0.15, 0.2) is 36.4 Å². The number of benzene rings is 2. The number of aromatic nitrogens is 2. The van der Waals surface area contributed by atoms with Gasteiger partial charge in [0.2, 0.25) is 0 Å². The second kappa shape index (κ2) is 7.75. The van der Waals surface area contributed by atoms with Crippen LogP contribution >= 0.6 is 0 Å².